The van der Waals surface area contributed by atoms with E-state index in [1.165, 1.54) is 0 Å². The molecule has 6 nitrogen and oxygen atoms in total. The van der Waals surface area contributed by atoms with Gasteiger partial charge in [-0.15, -0.1) is 0 Å². The van der Waals surface area contributed by atoms with E-state index in [1.807, 2.05) is 20.8 Å². The average molecular weight is 354 g/mol. The maximum atomic E-state index is 12.9. The minimum atomic E-state index is -4.64. The number of rotatable bonds is 7. The summed E-state index contributed by atoms with van der Waals surface area (Å²) in [6.07, 6.45) is -4.16. The molecule has 9 heteroatoms. The average Bonchev–Trinajstić information content (AvgIpc) is 2.91. The molecule has 0 bridgehead atoms. The van der Waals surface area contributed by atoms with Gasteiger partial charge in [0.05, 0.1) is 17.9 Å². The number of nitrogens with one attached hydrogen (secondary N) is 1. The molecule has 0 saturated carbocycles. The number of ether oxygens (including phenoxy) is 1. The Labute approximate surface area is 139 Å². The van der Waals surface area contributed by atoms with Gasteiger partial charge in [-0.1, -0.05) is 13.8 Å². The lowest BCUT2D eigenvalue weighted by Crippen LogP contribution is -2.41. The highest BCUT2D eigenvalue weighted by molar-refractivity contribution is 5.77. The fraction of sp³-hybridized carbons (Fsp3) is 0.867. The topological polar surface area (TPSA) is 78.9 Å². The first-order valence-corrected chi connectivity index (χ1v) is 8.01. The van der Waals surface area contributed by atoms with Crippen LogP contribution in [0.1, 0.15) is 27.2 Å². The number of urea groups is 1. The first-order chi connectivity index (χ1) is 11.1. The van der Waals surface area contributed by atoms with Crippen LogP contribution < -0.4 is 5.32 Å². The summed E-state index contributed by atoms with van der Waals surface area (Å²) >= 11 is 0. The van der Waals surface area contributed by atoms with Gasteiger partial charge in [0.15, 0.2) is 0 Å². The van der Waals surface area contributed by atoms with Gasteiger partial charge in [0.1, 0.15) is 0 Å². The Morgan fingerprint density at radius 1 is 1.33 bits per heavy atom. The van der Waals surface area contributed by atoms with Crippen molar-refractivity contribution in [3.05, 3.63) is 0 Å². The number of nitrogens with zero attached hydrogens (tertiary/aromatic N) is 1. The third-order valence-electron chi connectivity index (χ3n) is 4.17. The van der Waals surface area contributed by atoms with Crippen molar-refractivity contribution in [1.82, 2.24) is 10.2 Å². The minimum absolute atomic E-state index is 0.0523. The van der Waals surface area contributed by atoms with Crippen LogP contribution >= 0.6 is 0 Å². The second-order valence-electron chi connectivity index (χ2n) is 6.26. The van der Waals surface area contributed by atoms with Crippen LogP contribution in [-0.4, -0.2) is 60.5 Å². The fourth-order valence-corrected chi connectivity index (χ4v) is 2.81. The second kappa shape index (κ2) is 8.55. The summed E-state index contributed by atoms with van der Waals surface area (Å²) in [5, 5.41) is 11.5. The molecule has 1 rings (SSSR count). The molecule has 1 unspecified atom stereocenters. The molecule has 0 spiro atoms. The van der Waals surface area contributed by atoms with Crippen LogP contribution in [0, 0.1) is 17.8 Å². The Kier molecular flexibility index (Phi) is 7.31. The molecule has 2 N–H and O–H groups in total. The van der Waals surface area contributed by atoms with Gasteiger partial charge in [-0.25, -0.2) is 4.79 Å². The standard InChI is InChI=1S/C15H25F3N2O4/c1-4-24-12(9(2)3)5-6-19-14(23)20-7-10(13(21)22)11(8-20)15(16,17)18/h9-12H,4-8H2,1-3H3,(H,19,23)(H,21,22)/t10-,11-,12?/m1/s1. The maximum absolute atomic E-state index is 12.9. The van der Waals surface area contributed by atoms with E-state index in [0.717, 1.165) is 4.90 Å². The quantitative estimate of drug-likeness (QED) is 0.736. The Morgan fingerprint density at radius 3 is 2.38 bits per heavy atom. The van der Waals surface area contributed by atoms with E-state index < -0.39 is 43.1 Å². The number of carboxylic acids is 1. The summed E-state index contributed by atoms with van der Waals surface area (Å²) in [5.74, 6) is -4.95. The first-order valence-electron chi connectivity index (χ1n) is 8.01. The molecule has 24 heavy (non-hydrogen) atoms. The lowest BCUT2D eigenvalue weighted by atomic mass is 9.96. The Balaban J connectivity index is 2.55. The molecule has 0 aromatic carbocycles. The molecular weight excluding hydrogens is 329 g/mol. The molecule has 0 aliphatic carbocycles. The van der Waals surface area contributed by atoms with Crippen molar-refractivity contribution in [1.29, 1.82) is 0 Å². The third kappa shape index (κ3) is 5.54. The molecule has 3 atom stereocenters. The predicted molar refractivity (Wildman–Crippen MR) is 80.5 cm³/mol. The van der Waals surface area contributed by atoms with Gasteiger partial charge in [-0.05, 0) is 19.3 Å². The van der Waals surface area contributed by atoms with Crippen molar-refractivity contribution in [3.8, 4) is 0 Å². The summed E-state index contributed by atoms with van der Waals surface area (Å²) in [7, 11) is 0. The van der Waals surface area contributed by atoms with Crippen LogP contribution in [0.3, 0.4) is 0 Å². The highest BCUT2D eigenvalue weighted by Crippen LogP contribution is 2.37. The van der Waals surface area contributed by atoms with Crippen molar-refractivity contribution in [2.75, 3.05) is 26.2 Å². The van der Waals surface area contributed by atoms with E-state index in [9.17, 15) is 22.8 Å². The van der Waals surface area contributed by atoms with Crippen molar-refractivity contribution in [3.63, 3.8) is 0 Å². The van der Waals surface area contributed by atoms with Gasteiger partial charge in [-0.2, -0.15) is 13.2 Å². The number of carbonyl (C=O) groups excluding carboxylic acids is 1. The Hall–Kier alpha value is -1.51. The summed E-state index contributed by atoms with van der Waals surface area (Å²) in [6, 6.07) is -0.674. The maximum Gasteiger partial charge on any atom is 0.394 e. The van der Waals surface area contributed by atoms with Gasteiger partial charge in [0, 0.05) is 26.2 Å². The molecule has 0 aromatic heterocycles. The van der Waals surface area contributed by atoms with Crippen molar-refractivity contribution < 1.29 is 32.6 Å². The Morgan fingerprint density at radius 2 is 1.96 bits per heavy atom. The van der Waals surface area contributed by atoms with Crippen LogP contribution in [0.5, 0.6) is 0 Å². The van der Waals surface area contributed by atoms with Gasteiger partial charge in [0.2, 0.25) is 0 Å². The zero-order chi connectivity index (χ0) is 18.5. The largest absolute Gasteiger partial charge is 0.481 e. The van der Waals surface area contributed by atoms with Gasteiger partial charge in [-0.3, -0.25) is 4.79 Å². The zero-order valence-electron chi connectivity index (χ0n) is 14.1. The second-order valence-corrected chi connectivity index (χ2v) is 6.26. The number of amides is 2. The summed E-state index contributed by atoms with van der Waals surface area (Å²) in [4.78, 5) is 23.9. The SMILES string of the molecule is CCOC(CCNC(=O)N1C[C@@H](C(F)(F)F)[C@H](C(=O)O)C1)C(C)C. The molecular formula is C15H25F3N2O4. The summed E-state index contributed by atoms with van der Waals surface area (Å²) in [6.45, 7) is 5.54. The lowest BCUT2D eigenvalue weighted by Gasteiger charge is -2.22. The van der Waals surface area contributed by atoms with Crippen molar-refractivity contribution in [2.24, 2.45) is 17.8 Å². The van der Waals surface area contributed by atoms with Gasteiger partial charge < -0.3 is 20.1 Å². The molecule has 1 heterocycles. The predicted octanol–water partition coefficient (Wildman–Crippen LogP) is 2.34. The van der Waals surface area contributed by atoms with E-state index in [4.69, 9.17) is 9.84 Å². The molecule has 2 amide bonds. The molecule has 140 valence electrons. The van der Waals surface area contributed by atoms with Crippen molar-refractivity contribution in [2.45, 2.75) is 39.5 Å². The van der Waals surface area contributed by atoms with E-state index in [-0.39, 0.29) is 18.6 Å². The molecule has 0 aromatic rings. The lowest BCUT2D eigenvalue weighted by molar-refractivity contribution is -0.187. The van der Waals surface area contributed by atoms with Crippen LogP contribution in [-0.2, 0) is 9.53 Å². The molecule has 1 aliphatic heterocycles. The molecule has 1 fully saturated rings. The third-order valence-corrected chi connectivity index (χ3v) is 4.17. The van der Waals surface area contributed by atoms with Crippen LogP contribution in [0.2, 0.25) is 0 Å². The normalized spacial score (nSPS) is 22.7. The van der Waals surface area contributed by atoms with E-state index in [1.54, 1.807) is 0 Å². The summed E-state index contributed by atoms with van der Waals surface area (Å²) < 4.78 is 44.2. The number of alkyl halides is 3. The molecule has 1 saturated heterocycles. The van der Waals surface area contributed by atoms with E-state index in [2.05, 4.69) is 5.32 Å². The number of carbonyl (C=O) groups is 2. The minimum Gasteiger partial charge on any atom is -0.481 e. The first kappa shape index (κ1) is 20.5. The Bertz CT molecular complexity index is 443. The van der Waals surface area contributed by atoms with E-state index in [0.29, 0.717) is 13.0 Å². The van der Waals surface area contributed by atoms with Crippen LogP contribution in [0.4, 0.5) is 18.0 Å². The monoisotopic (exact) mass is 354 g/mol. The highest BCUT2D eigenvalue weighted by atomic mass is 19.4. The number of aliphatic carboxylic acids is 1. The van der Waals surface area contributed by atoms with Gasteiger partial charge >= 0.3 is 18.2 Å². The van der Waals surface area contributed by atoms with Crippen LogP contribution in [0.15, 0.2) is 0 Å². The number of hydrogen-bond donors (Lipinski definition) is 2. The number of halogens is 3. The smallest absolute Gasteiger partial charge is 0.394 e. The zero-order valence-corrected chi connectivity index (χ0v) is 14.1. The van der Waals surface area contributed by atoms with Gasteiger partial charge in [0.25, 0.3) is 0 Å². The molecule has 1 aliphatic rings. The molecule has 0 radical (unpaired) electrons. The highest BCUT2D eigenvalue weighted by Gasteiger charge is 2.53. The number of carboxylic acid groups (broad SMARTS) is 1. The van der Waals surface area contributed by atoms with Crippen molar-refractivity contribution >= 4 is 12.0 Å². The van der Waals surface area contributed by atoms with Crippen LogP contribution in [0.25, 0.3) is 0 Å². The number of likely N-dealkylation sites (tertiary alicyclic amines) is 1. The number of hydrogen-bond acceptors (Lipinski definition) is 3. The summed E-state index contributed by atoms with van der Waals surface area (Å²) in [5.41, 5.74) is 0. The van der Waals surface area contributed by atoms with E-state index >= 15 is 0 Å². The fourth-order valence-electron chi connectivity index (χ4n) is 2.81.